The minimum Gasteiger partial charge on any atom is -0.504 e. The Labute approximate surface area is 260 Å². The molecule has 2 atom stereocenters. The number of aliphatic hydroxyl groups excluding tert-OH is 2. The third kappa shape index (κ3) is 6.77. The first kappa shape index (κ1) is 32.6. The number of carbonyl (C=O) groups excluding carboxylic acids is 3. The number of aromatic nitrogens is 1. The van der Waals surface area contributed by atoms with Crippen LogP contribution in [-0.2, 0) is 28.8 Å². The Morgan fingerprint density at radius 2 is 1.96 bits per heavy atom. The number of amides is 3. The van der Waals surface area contributed by atoms with Crippen LogP contribution in [0.5, 0.6) is 0 Å². The molecule has 1 aromatic heterocycles. The van der Waals surface area contributed by atoms with Gasteiger partial charge in [-0.25, -0.2) is 14.6 Å². The van der Waals surface area contributed by atoms with Crippen LogP contribution >= 0.6 is 23.1 Å². The SMILES string of the molecule is CC(C)(O/N=C(\C(=O)NC1C(=O)N2C(OC(=O)O)=C(CNC(=O)C3=CC(O)=C(O)C(=NO)C3)CS[C@@H]12)c1csc(N)n1)C(=O)O. The highest BCUT2D eigenvalue weighted by Crippen LogP contribution is 2.40. The van der Waals surface area contributed by atoms with Crippen LogP contribution in [0.1, 0.15) is 26.0 Å². The van der Waals surface area contributed by atoms with Gasteiger partial charge in [-0.15, -0.1) is 23.1 Å². The van der Waals surface area contributed by atoms with E-state index in [1.807, 2.05) is 0 Å². The topological polar surface area (TPSA) is 296 Å². The molecular weight excluding hydrogens is 642 g/mol. The molecule has 0 bridgehead atoms. The van der Waals surface area contributed by atoms with Crippen LogP contribution in [-0.4, -0.2) is 106 Å². The highest BCUT2D eigenvalue weighted by Gasteiger charge is 2.54. The predicted octanol–water partition coefficient (Wildman–Crippen LogP) is 0.219. The Kier molecular flexibility index (Phi) is 9.23. The van der Waals surface area contributed by atoms with Crippen molar-refractivity contribution in [1.29, 1.82) is 0 Å². The molecule has 1 aromatic rings. The quantitative estimate of drug-likeness (QED) is 0.0544. The predicted molar refractivity (Wildman–Crippen MR) is 154 cm³/mol. The Hall–Kier alpha value is -5.31. The van der Waals surface area contributed by atoms with Crippen LogP contribution in [0.3, 0.4) is 0 Å². The molecule has 3 amide bonds. The summed E-state index contributed by atoms with van der Waals surface area (Å²) in [5.41, 5.74) is 3.07. The summed E-state index contributed by atoms with van der Waals surface area (Å²) >= 11 is 2.08. The number of carboxylic acid groups (broad SMARTS) is 2. The number of nitrogens with one attached hydrogen (secondary N) is 2. The number of β-lactam (4-membered cyclic amide) rings is 1. The summed E-state index contributed by atoms with van der Waals surface area (Å²) in [6.07, 6.45) is -1.11. The summed E-state index contributed by atoms with van der Waals surface area (Å²) in [6.45, 7) is 2.09. The molecule has 3 heterocycles. The van der Waals surface area contributed by atoms with Crippen molar-refractivity contribution in [2.45, 2.75) is 37.3 Å². The zero-order valence-electron chi connectivity index (χ0n) is 23.2. The lowest BCUT2D eigenvalue weighted by atomic mass is 10.00. The molecule has 2 aliphatic heterocycles. The molecule has 1 aliphatic carbocycles. The van der Waals surface area contributed by atoms with E-state index in [9.17, 15) is 44.4 Å². The van der Waals surface area contributed by atoms with Gasteiger partial charge in [-0.1, -0.05) is 10.3 Å². The average molecular weight is 668 g/mol. The maximum Gasteiger partial charge on any atom is 0.512 e. The zero-order valence-corrected chi connectivity index (χ0v) is 24.8. The van der Waals surface area contributed by atoms with Gasteiger partial charge in [0.15, 0.2) is 22.4 Å². The first-order chi connectivity index (χ1) is 21.1. The standard InChI is InChI=1S/C24H25N7O12S2/c1-24(2,21(37)38)43-30-13(11-7-45-22(25)27-11)17(35)28-14-18(36)31-19(42-23(39)40)9(6-44-20(14)31)5-26-16(34)8-3-10(29-41)15(33)12(32)4-8/h4,7,14,20,32-33,41H,3,5-6H2,1-2H3,(H2,25,27)(H,26,34)(H,28,35)(H,37,38)(H,39,40)/b29-10?,30-13-/t14?,20-/m0/s1. The second-order valence-electron chi connectivity index (χ2n) is 9.86. The Bertz CT molecular complexity index is 1630. The second kappa shape index (κ2) is 12.7. The van der Waals surface area contributed by atoms with Crippen LogP contribution in [0, 0.1) is 0 Å². The average Bonchev–Trinajstić information content (AvgIpc) is 3.41. The minimum absolute atomic E-state index is 0.0392. The second-order valence-corrected chi connectivity index (χ2v) is 11.9. The molecule has 1 unspecified atom stereocenters. The van der Waals surface area contributed by atoms with E-state index < -0.39 is 64.1 Å². The van der Waals surface area contributed by atoms with Crippen LogP contribution in [0.4, 0.5) is 9.93 Å². The number of thiazole rings is 1. The fourth-order valence-electron chi connectivity index (χ4n) is 3.97. The van der Waals surface area contributed by atoms with Crippen molar-refractivity contribution in [2.75, 3.05) is 18.0 Å². The summed E-state index contributed by atoms with van der Waals surface area (Å²) in [4.78, 5) is 72.0. The van der Waals surface area contributed by atoms with Crippen molar-refractivity contribution in [2.24, 2.45) is 10.3 Å². The van der Waals surface area contributed by atoms with Gasteiger partial charge in [-0.2, -0.15) is 0 Å². The van der Waals surface area contributed by atoms with E-state index in [0.717, 1.165) is 34.1 Å². The van der Waals surface area contributed by atoms with Gasteiger partial charge < -0.3 is 51.6 Å². The third-order valence-corrected chi connectivity index (χ3v) is 8.40. The highest BCUT2D eigenvalue weighted by molar-refractivity contribution is 8.00. The van der Waals surface area contributed by atoms with Crippen molar-refractivity contribution in [1.82, 2.24) is 20.5 Å². The molecule has 0 aromatic carbocycles. The maximum absolute atomic E-state index is 13.2. The molecule has 21 heteroatoms. The zero-order chi connectivity index (χ0) is 33.2. The minimum atomic E-state index is -1.82. The molecule has 240 valence electrons. The van der Waals surface area contributed by atoms with Crippen molar-refractivity contribution in [3.63, 3.8) is 0 Å². The summed E-state index contributed by atoms with van der Waals surface area (Å²) in [7, 11) is 0. The van der Waals surface area contributed by atoms with Gasteiger partial charge in [0.1, 0.15) is 22.8 Å². The van der Waals surface area contributed by atoms with Gasteiger partial charge >= 0.3 is 12.1 Å². The lowest BCUT2D eigenvalue weighted by molar-refractivity contribution is -0.161. The molecule has 0 spiro atoms. The number of fused-ring (bicyclic) bond motifs is 1. The molecule has 9 N–H and O–H groups in total. The molecule has 4 rings (SSSR count). The highest BCUT2D eigenvalue weighted by atomic mass is 32.2. The van der Waals surface area contributed by atoms with E-state index in [0.29, 0.717) is 0 Å². The molecular formula is C24H25N7O12S2. The fraction of sp³-hybridized carbons (Fsp3) is 0.333. The molecule has 19 nitrogen and oxygen atoms in total. The molecule has 1 fully saturated rings. The van der Waals surface area contributed by atoms with E-state index in [2.05, 4.69) is 25.9 Å². The number of aliphatic carboxylic acids is 1. The van der Waals surface area contributed by atoms with Gasteiger partial charge in [0.05, 0.1) is 0 Å². The lowest BCUT2D eigenvalue weighted by Crippen LogP contribution is -2.70. The number of rotatable bonds is 10. The summed E-state index contributed by atoms with van der Waals surface area (Å²) in [6, 6.07) is -1.20. The first-order valence-electron chi connectivity index (χ1n) is 12.6. The van der Waals surface area contributed by atoms with Crippen LogP contribution in [0.25, 0.3) is 0 Å². The Morgan fingerprint density at radius 3 is 2.56 bits per heavy atom. The number of ether oxygens (including phenoxy) is 1. The van der Waals surface area contributed by atoms with E-state index in [1.54, 1.807) is 0 Å². The summed E-state index contributed by atoms with van der Waals surface area (Å²) < 4.78 is 4.88. The van der Waals surface area contributed by atoms with Crippen LogP contribution < -0.4 is 16.4 Å². The molecule has 45 heavy (non-hydrogen) atoms. The Balaban J connectivity index is 1.51. The number of oxime groups is 2. The monoisotopic (exact) mass is 667 g/mol. The number of anilines is 1. The van der Waals surface area contributed by atoms with Gasteiger partial charge in [0.25, 0.3) is 11.8 Å². The summed E-state index contributed by atoms with van der Waals surface area (Å²) in [5, 5.41) is 59.2. The molecule has 3 aliphatic rings. The van der Waals surface area contributed by atoms with Gasteiger partial charge in [-0.05, 0) is 19.9 Å². The largest absolute Gasteiger partial charge is 0.512 e. The third-order valence-electron chi connectivity index (χ3n) is 6.38. The van der Waals surface area contributed by atoms with Crippen molar-refractivity contribution < 1.29 is 59.2 Å². The van der Waals surface area contributed by atoms with E-state index in [1.165, 1.54) is 19.2 Å². The van der Waals surface area contributed by atoms with Gasteiger partial charge in [0, 0.05) is 35.2 Å². The van der Waals surface area contributed by atoms with Crippen LogP contribution in [0.15, 0.2) is 50.3 Å². The number of allylic oxidation sites excluding steroid dienone is 2. The van der Waals surface area contributed by atoms with Gasteiger partial charge in [0.2, 0.25) is 17.4 Å². The number of carboxylic acids is 1. The number of nitrogens with two attached hydrogens (primary N) is 1. The number of hydrogen-bond donors (Lipinski definition) is 8. The normalized spacial score (nSPS) is 21.1. The van der Waals surface area contributed by atoms with Crippen molar-refractivity contribution >= 4 is 69.5 Å². The number of hydrogen-bond acceptors (Lipinski definition) is 16. The molecule has 0 saturated carbocycles. The number of aliphatic hydroxyl groups is 2. The van der Waals surface area contributed by atoms with E-state index in [4.69, 9.17) is 20.5 Å². The smallest absolute Gasteiger partial charge is 0.504 e. The summed E-state index contributed by atoms with van der Waals surface area (Å²) in [5.74, 6) is -5.60. The van der Waals surface area contributed by atoms with Gasteiger partial charge in [-0.3, -0.25) is 19.3 Å². The van der Waals surface area contributed by atoms with Crippen molar-refractivity contribution in [3.05, 3.63) is 45.7 Å². The number of carbonyl (C=O) groups is 5. The fourth-order valence-corrected chi connectivity index (χ4v) is 5.84. The van der Waals surface area contributed by atoms with Crippen LogP contribution in [0.2, 0.25) is 0 Å². The first-order valence-corrected chi connectivity index (χ1v) is 14.5. The molecule has 1 saturated heterocycles. The maximum atomic E-state index is 13.2. The molecule has 0 radical (unpaired) electrons. The van der Waals surface area contributed by atoms with E-state index in [-0.39, 0.29) is 52.3 Å². The Morgan fingerprint density at radius 1 is 1.24 bits per heavy atom. The van der Waals surface area contributed by atoms with E-state index >= 15 is 0 Å². The number of nitrogens with zero attached hydrogens (tertiary/aromatic N) is 4. The van der Waals surface area contributed by atoms with Crippen molar-refractivity contribution in [3.8, 4) is 0 Å². The number of nitrogen functional groups attached to an aromatic ring is 1. The lowest BCUT2D eigenvalue weighted by Gasteiger charge is -2.49. The number of thioether (sulfide) groups is 1.